The summed E-state index contributed by atoms with van der Waals surface area (Å²) in [5, 5.41) is 12.0. The minimum Gasteiger partial charge on any atom is -0.459 e. The maximum atomic E-state index is 13.6. The van der Waals surface area contributed by atoms with E-state index >= 15 is 0 Å². The van der Waals surface area contributed by atoms with Crippen molar-refractivity contribution in [2.24, 2.45) is 11.8 Å². The van der Waals surface area contributed by atoms with Crippen LogP contribution in [0.2, 0.25) is 0 Å². The molecule has 2 aromatic carbocycles. The number of rotatable bonds is 14. The zero-order valence-electron chi connectivity index (χ0n) is 28.9. The second kappa shape index (κ2) is 17.8. The molecular weight excluding hydrogens is 596 g/mol. The van der Waals surface area contributed by atoms with E-state index in [1.165, 1.54) is 0 Å². The molecule has 0 radical (unpaired) electrons. The molecule has 1 saturated carbocycles. The molecule has 10 heteroatoms. The Morgan fingerprint density at radius 1 is 0.702 bits per heavy atom. The maximum absolute atomic E-state index is 13.6. The topological polar surface area (TPSA) is 135 Å². The van der Waals surface area contributed by atoms with E-state index in [4.69, 9.17) is 9.47 Å². The summed E-state index contributed by atoms with van der Waals surface area (Å²) in [6.07, 6.45) is 4.77. The fraction of sp³-hybridized carbons (Fsp3) is 0.568. The predicted octanol–water partition coefficient (Wildman–Crippen LogP) is 5.36. The highest BCUT2D eigenvalue weighted by molar-refractivity contribution is 5.85. The molecule has 0 saturated heterocycles. The first-order chi connectivity index (χ1) is 22.2. The van der Waals surface area contributed by atoms with Gasteiger partial charge in [-0.2, -0.15) is 0 Å². The zero-order chi connectivity index (χ0) is 34.5. The predicted molar refractivity (Wildman–Crippen MR) is 182 cm³/mol. The number of ether oxygens (including phenoxy) is 2. The molecule has 2 aromatic rings. The summed E-state index contributed by atoms with van der Waals surface area (Å²) in [7, 11) is 0. The molecule has 0 unspecified atom stereocenters. The van der Waals surface area contributed by atoms with Crippen LogP contribution in [-0.2, 0) is 36.9 Å². The standard InChI is InChI=1S/C37H54N4O6/c1-36(2,3)46-32(42)25-38-23-30(28-13-9-7-10-14-28)33(43)40-24-31(29-15-11-8-12-16-29)34(44)39-21-26-17-19-27(20-18-26)22-41-35(45)47-37(4,5)6/h8,11-12,15-20,28,30-31,38H,7,9-10,13-14,21-25H2,1-6H3,(H,39,44)(H,40,43)(H,41,45)/t30-,31+/m1/s1. The van der Waals surface area contributed by atoms with Gasteiger partial charge in [0.1, 0.15) is 11.2 Å². The number of benzene rings is 2. The second-order valence-electron chi connectivity index (χ2n) is 14.3. The first-order valence-electron chi connectivity index (χ1n) is 16.8. The van der Waals surface area contributed by atoms with Crippen molar-refractivity contribution < 1.29 is 28.7 Å². The number of alkyl carbamates (subject to hydrolysis) is 1. The first kappa shape index (κ1) is 37.5. The van der Waals surface area contributed by atoms with Crippen molar-refractivity contribution in [3.63, 3.8) is 0 Å². The van der Waals surface area contributed by atoms with Gasteiger partial charge in [-0.3, -0.25) is 14.4 Å². The molecule has 0 aromatic heterocycles. The Hall–Kier alpha value is -3.92. The van der Waals surface area contributed by atoms with Crippen LogP contribution in [0.1, 0.15) is 96.3 Å². The van der Waals surface area contributed by atoms with Gasteiger partial charge in [0.25, 0.3) is 0 Å². The largest absolute Gasteiger partial charge is 0.459 e. The number of nitrogens with one attached hydrogen (secondary N) is 4. The summed E-state index contributed by atoms with van der Waals surface area (Å²) in [5.41, 5.74) is 1.49. The lowest BCUT2D eigenvalue weighted by atomic mass is 9.79. The van der Waals surface area contributed by atoms with Gasteiger partial charge < -0.3 is 30.7 Å². The van der Waals surface area contributed by atoms with Crippen molar-refractivity contribution in [3.8, 4) is 0 Å². The quantitative estimate of drug-likeness (QED) is 0.202. The summed E-state index contributed by atoms with van der Waals surface area (Å²) in [5.74, 6) is -1.35. The third-order valence-corrected chi connectivity index (χ3v) is 7.93. The van der Waals surface area contributed by atoms with Gasteiger partial charge in [0.05, 0.1) is 18.4 Å². The Balaban J connectivity index is 1.59. The molecule has 1 fully saturated rings. The lowest BCUT2D eigenvalue weighted by molar-refractivity contribution is -0.153. The Morgan fingerprint density at radius 2 is 1.28 bits per heavy atom. The van der Waals surface area contributed by atoms with Crippen LogP contribution in [0.3, 0.4) is 0 Å². The SMILES string of the molecule is CC(C)(C)OC(=O)CNC[C@@H](C(=O)NC[C@H](C(=O)NCc1ccc(CNC(=O)OC(C)(C)C)cc1)c1ccccc1)C1CCCCC1. The number of carbonyl (C=O) groups is 4. The summed E-state index contributed by atoms with van der Waals surface area (Å²) in [4.78, 5) is 51.4. The molecule has 1 aliphatic carbocycles. The van der Waals surface area contributed by atoms with E-state index in [0.29, 0.717) is 19.6 Å². The highest BCUT2D eigenvalue weighted by atomic mass is 16.6. The fourth-order valence-electron chi connectivity index (χ4n) is 5.67. The summed E-state index contributed by atoms with van der Waals surface area (Å²) >= 11 is 0. The van der Waals surface area contributed by atoms with Gasteiger partial charge in [0.15, 0.2) is 0 Å². The summed E-state index contributed by atoms with van der Waals surface area (Å²) < 4.78 is 10.7. The van der Waals surface area contributed by atoms with Crippen LogP contribution in [0.25, 0.3) is 0 Å². The van der Waals surface area contributed by atoms with Gasteiger partial charge in [-0.25, -0.2) is 4.79 Å². The van der Waals surface area contributed by atoms with Crippen molar-refractivity contribution in [2.75, 3.05) is 19.6 Å². The first-order valence-corrected chi connectivity index (χ1v) is 16.8. The molecular formula is C37H54N4O6. The van der Waals surface area contributed by atoms with Crippen molar-refractivity contribution in [3.05, 3.63) is 71.3 Å². The van der Waals surface area contributed by atoms with Crippen LogP contribution in [0, 0.1) is 11.8 Å². The van der Waals surface area contributed by atoms with Gasteiger partial charge in [0, 0.05) is 26.2 Å². The van der Waals surface area contributed by atoms with Crippen molar-refractivity contribution in [2.45, 2.75) is 104 Å². The Kier molecular flexibility index (Phi) is 14.3. The number of carbonyl (C=O) groups excluding carboxylic acids is 4. The van der Waals surface area contributed by atoms with E-state index in [-0.39, 0.29) is 42.7 Å². The van der Waals surface area contributed by atoms with Crippen LogP contribution in [0.5, 0.6) is 0 Å². The molecule has 10 nitrogen and oxygen atoms in total. The van der Waals surface area contributed by atoms with Gasteiger partial charge >= 0.3 is 12.1 Å². The summed E-state index contributed by atoms with van der Waals surface area (Å²) in [6, 6.07) is 17.1. The average Bonchev–Trinajstić information content (AvgIpc) is 3.01. The molecule has 1 aliphatic rings. The number of esters is 1. The molecule has 47 heavy (non-hydrogen) atoms. The van der Waals surface area contributed by atoms with Gasteiger partial charge in [-0.05, 0) is 77.0 Å². The van der Waals surface area contributed by atoms with Crippen LogP contribution in [0.15, 0.2) is 54.6 Å². The molecule has 4 N–H and O–H groups in total. The lowest BCUT2D eigenvalue weighted by Crippen LogP contribution is -2.45. The number of hydrogen-bond donors (Lipinski definition) is 4. The number of amides is 3. The minimum absolute atomic E-state index is 0.0318. The molecule has 0 bridgehead atoms. The van der Waals surface area contributed by atoms with Crippen LogP contribution in [0.4, 0.5) is 4.79 Å². The normalized spacial score (nSPS) is 15.2. The Bertz CT molecular complexity index is 1290. The minimum atomic E-state index is -0.584. The third-order valence-electron chi connectivity index (χ3n) is 7.93. The van der Waals surface area contributed by atoms with E-state index in [1.54, 1.807) is 0 Å². The number of hydrogen-bond acceptors (Lipinski definition) is 7. The fourth-order valence-corrected chi connectivity index (χ4v) is 5.67. The highest BCUT2D eigenvalue weighted by Crippen LogP contribution is 2.30. The molecule has 258 valence electrons. The van der Waals surface area contributed by atoms with Crippen molar-refractivity contribution in [1.82, 2.24) is 21.3 Å². The van der Waals surface area contributed by atoms with E-state index < -0.39 is 23.2 Å². The lowest BCUT2D eigenvalue weighted by Gasteiger charge is -2.30. The van der Waals surface area contributed by atoms with Gasteiger partial charge in [-0.1, -0.05) is 73.9 Å². The smallest absolute Gasteiger partial charge is 0.407 e. The van der Waals surface area contributed by atoms with Gasteiger partial charge in [-0.15, -0.1) is 0 Å². The monoisotopic (exact) mass is 650 g/mol. The van der Waals surface area contributed by atoms with E-state index in [9.17, 15) is 19.2 Å². The average molecular weight is 651 g/mol. The molecule has 3 amide bonds. The van der Waals surface area contributed by atoms with Crippen molar-refractivity contribution >= 4 is 23.9 Å². The van der Waals surface area contributed by atoms with Crippen LogP contribution >= 0.6 is 0 Å². The van der Waals surface area contributed by atoms with Crippen LogP contribution in [-0.4, -0.2) is 54.7 Å². The van der Waals surface area contributed by atoms with E-state index in [1.807, 2.05) is 96.1 Å². The van der Waals surface area contributed by atoms with E-state index in [0.717, 1.165) is 48.8 Å². The second-order valence-corrected chi connectivity index (χ2v) is 14.3. The zero-order valence-corrected chi connectivity index (χ0v) is 28.9. The Morgan fingerprint density at radius 3 is 1.85 bits per heavy atom. The molecule has 0 aliphatic heterocycles. The maximum Gasteiger partial charge on any atom is 0.407 e. The van der Waals surface area contributed by atoms with Crippen LogP contribution < -0.4 is 21.3 Å². The third kappa shape index (κ3) is 14.2. The summed E-state index contributed by atoms with van der Waals surface area (Å²) in [6.45, 7) is 12.1. The molecule has 0 spiro atoms. The molecule has 2 atom stereocenters. The highest BCUT2D eigenvalue weighted by Gasteiger charge is 2.31. The molecule has 3 rings (SSSR count). The Labute approximate surface area is 280 Å². The van der Waals surface area contributed by atoms with Crippen molar-refractivity contribution in [1.29, 1.82) is 0 Å². The molecule has 0 heterocycles. The van der Waals surface area contributed by atoms with E-state index in [2.05, 4.69) is 21.3 Å². The van der Waals surface area contributed by atoms with Gasteiger partial charge in [0.2, 0.25) is 11.8 Å².